The van der Waals surface area contributed by atoms with Gasteiger partial charge in [-0.25, -0.2) is 4.98 Å². The Morgan fingerprint density at radius 3 is 3.00 bits per heavy atom. The van der Waals surface area contributed by atoms with E-state index in [4.69, 9.17) is 0 Å². The molecule has 1 fully saturated rings. The normalized spacial score (nSPS) is 31.7. The van der Waals surface area contributed by atoms with E-state index >= 15 is 0 Å². The first kappa shape index (κ1) is 11.1. The Labute approximate surface area is 96.1 Å². The molecular formula is C12H20N2S. The first-order valence-electron chi connectivity index (χ1n) is 5.91. The van der Waals surface area contributed by atoms with Crippen molar-refractivity contribution in [3.8, 4) is 0 Å². The highest BCUT2D eigenvalue weighted by molar-refractivity contribution is 7.09. The molecule has 0 radical (unpaired) electrons. The van der Waals surface area contributed by atoms with Crippen molar-refractivity contribution >= 4 is 11.3 Å². The Morgan fingerprint density at radius 1 is 1.53 bits per heavy atom. The van der Waals surface area contributed by atoms with Crippen LogP contribution in [0.2, 0.25) is 0 Å². The van der Waals surface area contributed by atoms with Gasteiger partial charge in [0.25, 0.3) is 0 Å². The second-order valence-corrected chi connectivity index (χ2v) is 5.37. The van der Waals surface area contributed by atoms with Crippen LogP contribution in [0.5, 0.6) is 0 Å². The monoisotopic (exact) mass is 224 g/mol. The van der Waals surface area contributed by atoms with Crippen molar-refractivity contribution in [1.82, 2.24) is 10.3 Å². The summed E-state index contributed by atoms with van der Waals surface area (Å²) in [7, 11) is 2.08. The van der Waals surface area contributed by atoms with Gasteiger partial charge < -0.3 is 5.32 Å². The second kappa shape index (κ2) is 5.08. The standard InChI is InChI=1S/C12H20N2S/c1-3-9-4-5-10(13-2)8-11(9)12-14-6-7-15-12/h6-7,9-11,13H,3-5,8H2,1-2H3. The van der Waals surface area contributed by atoms with E-state index in [1.165, 1.54) is 30.7 Å². The molecule has 1 aromatic rings. The number of aromatic nitrogens is 1. The van der Waals surface area contributed by atoms with Crippen LogP contribution in [0.15, 0.2) is 11.6 Å². The molecule has 0 aliphatic heterocycles. The molecule has 1 saturated carbocycles. The third-order valence-electron chi connectivity index (χ3n) is 3.69. The van der Waals surface area contributed by atoms with Gasteiger partial charge in [-0.2, -0.15) is 0 Å². The lowest BCUT2D eigenvalue weighted by atomic mass is 9.76. The zero-order chi connectivity index (χ0) is 10.7. The number of hydrogen-bond acceptors (Lipinski definition) is 3. The van der Waals surface area contributed by atoms with Gasteiger partial charge in [0, 0.05) is 23.5 Å². The van der Waals surface area contributed by atoms with Crippen molar-refractivity contribution in [2.45, 2.75) is 44.6 Å². The highest BCUT2D eigenvalue weighted by atomic mass is 32.1. The van der Waals surface area contributed by atoms with Gasteiger partial charge in [-0.1, -0.05) is 13.3 Å². The van der Waals surface area contributed by atoms with E-state index in [9.17, 15) is 0 Å². The Hall–Kier alpha value is -0.410. The maximum atomic E-state index is 4.50. The molecule has 0 aromatic carbocycles. The summed E-state index contributed by atoms with van der Waals surface area (Å²) in [6, 6.07) is 0.696. The second-order valence-electron chi connectivity index (χ2n) is 4.44. The molecule has 3 unspecified atom stereocenters. The number of nitrogens with zero attached hydrogens (tertiary/aromatic N) is 1. The largest absolute Gasteiger partial charge is 0.317 e. The lowest BCUT2D eigenvalue weighted by Crippen LogP contribution is -2.34. The van der Waals surface area contributed by atoms with Gasteiger partial charge in [-0.05, 0) is 32.2 Å². The Morgan fingerprint density at radius 2 is 2.40 bits per heavy atom. The highest BCUT2D eigenvalue weighted by Crippen LogP contribution is 2.40. The van der Waals surface area contributed by atoms with Gasteiger partial charge in [0.2, 0.25) is 0 Å². The SMILES string of the molecule is CCC1CCC(NC)CC1c1nccs1. The van der Waals surface area contributed by atoms with Gasteiger partial charge in [0.05, 0.1) is 5.01 Å². The van der Waals surface area contributed by atoms with Crippen LogP contribution in [0, 0.1) is 5.92 Å². The molecule has 3 atom stereocenters. The van der Waals surface area contributed by atoms with E-state index in [0.29, 0.717) is 12.0 Å². The maximum Gasteiger partial charge on any atom is 0.0959 e. The molecule has 1 N–H and O–H groups in total. The number of hydrogen-bond donors (Lipinski definition) is 1. The van der Waals surface area contributed by atoms with Crippen LogP contribution in [0.4, 0.5) is 0 Å². The summed E-state index contributed by atoms with van der Waals surface area (Å²) in [5.74, 6) is 1.54. The van der Waals surface area contributed by atoms with Gasteiger partial charge in [-0.3, -0.25) is 0 Å². The highest BCUT2D eigenvalue weighted by Gasteiger charge is 2.31. The zero-order valence-electron chi connectivity index (χ0n) is 9.57. The Bertz CT molecular complexity index is 284. The third-order valence-corrected chi connectivity index (χ3v) is 4.60. The lowest BCUT2D eigenvalue weighted by Gasteiger charge is -2.34. The molecule has 84 valence electrons. The van der Waals surface area contributed by atoms with E-state index in [1.807, 2.05) is 17.5 Å². The van der Waals surface area contributed by atoms with Gasteiger partial charge >= 0.3 is 0 Å². The van der Waals surface area contributed by atoms with Gasteiger partial charge in [0.1, 0.15) is 0 Å². The van der Waals surface area contributed by atoms with Crippen LogP contribution in [0.1, 0.15) is 43.5 Å². The average Bonchev–Trinajstić information content (AvgIpc) is 2.81. The predicted molar refractivity (Wildman–Crippen MR) is 65.3 cm³/mol. The van der Waals surface area contributed by atoms with Crippen molar-refractivity contribution in [3.63, 3.8) is 0 Å². The predicted octanol–water partition coefficient (Wildman–Crippen LogP) is 3.02. The first-order valence-corrected chi connectivity index (χ1v) is 6.79. The van der Waals surface area contributed by atoms with Crippen LogP contribution in [0.3, 0.4) is 0 Å². The summed E-state index contributed by atoms with van der Waals surface area (Å²) in [6.07, 6.45) is 7.18. The lowest BCUT2D eigenvalue weighted by molar-refractivity contribution is 0.254. The molecule has 1 aliphatic rings. The fourth-order valence-corrected chi connectivity index (χ4v) is 3.55. The van der Waals surface area contributed by atoms with Crippen molar-refractivity contribution in [2.24, 2.45) is 5.92 Å². The summed E-state index contributed by atoms with van der Waals surface area (Å²) < 4.78 is 0. The molecule has 0 bridgehead atoms. The van der Waals surface area contributed by atoms with Crippen LogP contribution >= 0.6 is 11.3 Å². The van der Waals surface area contributed by atoms with Gasteiger partial charge in [-0.15, -0.1) is 11.3 Å². The number of rotatable bonds is 3. The van der Waals surface area contributed by atoms with E-state index in [0.717, 1.165) is 5.92 Å². The van der Waals surface area contributed by atoms with Crippen molar-refractivity contribution in [3.05, 3.63) is 16.6 Å². The van der Waals surface area contributed by atoms with Crippen LogP contribution in [-0.2, 0) is 0 Å². The molecule has 3 heteroatoms. The number of nitrogens with one attached hydrogen (secondary N) is 1. The fourth-order valence-electron chi connectivity index (χ4n) is 2.70. The van der Waals surface area contributed by atoms with E-state index in [2.05, 4.69) is 29.7 Å². The van der Waals surface area contributed by atoms with Crippen molar-refractivity contribution in [1.29, 1.82) is 0 Å². The van der Waals surface area contributed by atoms with Crippen LogP contribution < -0.4 is 5.32 Å². The minimum Gasteiger partial charge on any atom is -0.317 e. The fraction of sp³-hybridized carbons (Fsp3) is 0.750. The molecular weight excluding hydrogens is 204 g/mol. The van der Waals surface area contributed by atoms with E-state index in [1.54, 1.807) is 0 Å². The summed E-state index contributed by atoms with van der Waals surface area (Å²) in [4.78, 5) is 4.50. The van der Waals surface area contributed by atoms with E-state index in [-0.39, 0.29) is 0 Å². The quantitative estimate of drug-likeness (QED) is 0.853. The smallest absolute Gasteiger partial charge is 0.0959 e. The maximum absolute atomic E-state index is 4.50. The van der Waals surface area contributed by atoms with E-state index < -0.39 is 0 Å². The minimum atomic E-state index is 0.696. The Kier molecular flexibility index (Phi) is 3.76. The Balaban J connectivity index is 2.10. The molecule has 0 spiro atoms. The summed E-state index contributed by atoms with van der Waals surface area (Å²) in [5, 5.41) is 6.87. The average molecular weight is 224 g/mol. The van der Waals surface area contributed by atoms with Crippen molar-refractivity contribution in [2.75, 3.05) is 7.05 Å². The zero-order valence-corrected chi connectivity index (χ0v) is 10.4. The molecule has 15 heavy (non-hydrogen) atoms. The van der Waals surface area contributed by atoms with Crippen LogP contribution in [0.25, 0.3) is 0 Å². The summed E-state index contributed by atoms with van der Waals surface area (Å²) in [6.45, 7) is 2.31. The minimum absolute atomic E-state index is 0.696. The van der Waals surface area contributed by atoms with Crippen LogP contribution in [-0.4, -0.2) is 18.1 Å². The topological polar surface area (TPSA) is 24.9 Å². The molecule has 1 heterocycles. The third kappa shape index (κ3) is 2.40. The molecule has 1 aromatic heterocycles. The summed E-state index contributed by atoms with van der Waals surface area (Å²) >= 11 is 1.82. The molecule has 1 aliphatic carbocycles. The molecule has 0 amide bonds. The summed E-state index contributed by atoms with van der Waals surface area (Å²) in [5.41, 5.74) is 0. The first-order chi connectivity index (χ1) is 7.35. The molecule has 2 rings (SSSR count). The molecule has 2 nitrogen and oxygen atoms in total. The molecule has 0 saturated heterocycles. The van der Waals surface area contributed by atoms with Gasteiger partial charge in [0.15, 0.2) is 0 Å². The number of thiazole rings is 1. The van der Waals surface area contributed by atoms with Crippen molar-refractivity contribution < 1.29 is 0 Å².